The molecule has 5 heteroatoms. The van der Waals surface area contributed by atoms with E-state index in [0.717, 1.165) is 11.4 Å². The molecule has 0 saturated heterocycles. The van der Waals surface area contributed by atoms with Gasteiger partial charge in [0, 0.05) is 17.7 Å². The summed E-state index contributed by atoms with van der Waals surface area (Å²) in [6.07, 6.45) is 0.301. The summed E-state index contributed by atoms with van der Waals surface area (Å²) in [6, 6.07) is 9.50. The molecule has 1 amide bonds. The minimum Gasteiger partial charge on any atom is -0.274 e. The van der Waals surface area contributed by atoms with Crippen LogP contribution in [0.3, 0.4) is 0 Å². The van der Waals surface area contributed by atoms with Crippen molar-refractivity contribution in [2.45, 2.75) is 13.3 Å². The van der Waals surface area contributed by atoms with Gasteiger partial charge in [-0.25, -0.2) is 4.98 Å². The van der Waals surface area contributed by atoms with Gasteiger partial charge in [-0.3, -0.25) is 9.69 Å². The van der Waals surface area contributed by atoms with Crippen LogP contribution in [0.25, 0.3) is 0 Å². The average Bonchev–Trinajstić information content (AvgIpc) is 2.78. The zero-order chi connectivity index (χ0) is 13.0. The smallest absolute Gasteiger partial charge is 0.234 e. The van der Waals surface area contributed by atoms with Gasteiger partial charge >= 0.3 is 0 Å². The molecule has 1 aromatic carbocycles. The Kier molecular flexibility index (Phi) is 4.33. The number of aromatic nitrogens is 1. The van der Waals surface area contributed by atoms with Crippen molar-refractivity contribution in [3.8, 4) is 0 Å². The van der Waals surface area contributed by atoms with Gasteiger partial charge in [-0.2, -0.15) is 0 Å². The zero-order valence-electron chi connectivity index (χ0n) is 9.97. The number of para-hydroxylation sites is 1. The second-order valence-electron chi connectivity index (χ2n) is 3.78. The third-order valence-corrected chi connectivity index (χ3v) is 3.50. The highest BCUT2D eigenvalue weighted by Gasteiger charge is 2.19. The van der Waals surface area contributed by atoms with Crippen molar-refractivity contribution in [2.75, 3.05) is 10.8 Å². The lowest BCUT2D eigenvalue weighted by Crippen LogP contribution is -2.25. The van der Waals surface area contributed by atoms with Crippen LogP contribution in [0, 0.1) is 6.92 Å². The standard InChI is InChI=1S/C13H13ClN2OS/c1-10-9-18-13(15-10)16(12(17)7-8-14)11-5-3-2-4-6-11/h2-6,9H,7-8H2,1H3. The van der Waals surface area contributed by atoms with Crippen LogP contribution in [0.1, 0.15) is 12.1 Å². The van der Waals surface area contributed by atoms with E-state index in [0.29, 0.717) is 17.4 Å². The number of thiazole rings is 1. The fourth-order valence-electron chi connectivity index (χ4n) is 1.58. The van der Waals surface area contributed by atoms with Gasteiger partial charge in [0.2, 0.25) is 5.91 Å². The maximum atomic E-state index is 12.2. The van der Waals surface area contributed by atoms with Crippen LogP contribution < -0.4 is 4.90 Å². The summed E-state index contributed by atoms with van der Waals surface area (Å²) >= 11 is 7.11. The summed E-state index contributed by atoms with van der Waals surface area (Å²) < 4.78 is 0. The molecular weight excluding hydrogens is 268 g/mol. The van der Waals surface area contributed by atoms with E-state index in [1.165, 1.54) is 11.3 Å². The van der Waals surface area contributed by atoms with E-state index < -0.39 is 0 Å². The molecule has 0 radical (unpaired) electrons. The van der Waals surface area contributed by atoms with Gasteiger partial charge in [-0.15, -0.1) is 22.9 Å². The fourth-order valence-corrected chi connectivity index (χ4v) is 2.57. The summed E-state index contributed by atoms with van der Waals surface area (Å²) in [4.78, 5) is 18.2. The van der Waals surface area contributed by atoms with E-state index >= 15 is 0 Å². The first-order chi connectivity index (χ1) is 8.72. The van der Waals surface area contributed by atoms with Crippen LogP contribution in [0.2, 0.25) is 0 Å². The summed E-state index contributed by atoms with van der Waals surface area (Å²) in [5.74, 6) is 0.276. The predicted octanol–water partition coefficient (Wildman–Crippen LogP) is 3.75. The molecule has 3 nitrogen and oxygen atoms in total. The lowest BCUT2D eigenvalue weighted by Gasteiger charge is -2.19. The van der Waals surface area contributed by atoms with Crippen molar-refractivity contribution < 1.29 is 4.79 Å². The van der Waals surface area contributed by atoms with E-state index in [9.17, 15) is 4.79 Å². The molecule has 0 atom stereocenters. The first-order valence-corrected chi connectivity index (χ1v) is 7.00. The molecule has 1 heterocycles. The maximum absolute atomic E-state index is 12.2. The molecule has 18 heavy (non-hydrogen) atoms. The second-order valence-corrected chi connectivity index (χ2v) is 4.99. The maximum Gasteiger partial charge on any atom is 0.234 e. The van der Waals surface area contributed by atoms with Crippen LogP contribution in [0.15, 0.2) is 35.7 Å². The molecular formula is C13H13ClN2OS. The Morgan fingerprint density at radius 2 is 2.11 bits per heavy atom. The lowest BCUT2D eigenvalue weighted by molar-refractivity contribution is -0.117. The van der Waals surface area contributed by atoms with Gasteiger partial charge in [0.05, 0.1) is 11.4 Å². The number of hydrogen-bond acceptors (Lipinski definition) is 3. The highest BCUT2D eigenvalue weighted by molar-refractivity contribution is 7.14. The number of carbonyl (C=O) groups is 1. The zero-order valence-corrected chi connectivity index (χ0v) is 11.5. The van der Waals surface area contributed by atoms with Crippen molar-refractivity contribution in [3.05, 3.63) is 41.4 Å². The minimum absolute atomic E-state index is 0.0365. The quantitative estimate of drug-likeness (QED) is 0.799. The van der Waals surface area contributed by atoms with Gasteiger partial charge in [-0.1, -0.05) is 18.2 Å². The monoisotopic (exact) mass is 280 g/mol. The number of rotatable bonds is 4. The van der Waals surface area contributed by atoms with Crippen molar-refractivity contribution in [1.29, 1.82) is 0 Å². The summed E-state index contributed by atoms with van der Waals surface area (Å²) in [6.45, 7) is 1.91. The molecule has 0 fully saturated rings. The number of nitrogens with zero attached hydrogens (tertiary/aromatic N) is 2. The summed E-state index contributed by atoms with van der Waals surface area (Å²) in [5, 5.41) is 2.62. The minimum atomic E-state index is -0.0365. The van der Waals surface area contributed by atoms with Crippen LogP contribution in [-0.4, -0.2) is 16.8 Å². The number of benzene rings is 1. The van der Waals surface area contributed by atoms with E-state index in [1.807, 2.05) is 42.6 Å². The Hall–Kier alpha value is -1.39. The van der Waals surface area contributed by atoms with Gasteiger partial charge in [0.25, 0.3) is 0 Å². The van der Waals surface area contributed by atoms with E-state index in [2.05, 4.69) is 4.98 Å². The van der Waals surface area contributed by atoms with Crippen molar-refractivity contribution in [2.24, 2.45) is 0 Å². The molecule has 2 aromatic rings. The molecule has 0 saturated carbocycles. The molecule has 0 bridgehead atoms. The van der Waals surface area contributed by atoms with Gasteiger partial charge in [0.1, 0.15) is 0 Å². The fraction of sp³-hybridized carbons (Fsp3) is 0.231. The second kappa shape index (κ2) is 5.98. The van der Waals surface area contributed by atoms with Crippen LogP contribution >= 0.6 is 22.9 Å². The predicted molar refractivity (Wildman–Crippen MR) is 75.8 cm³/mol. The molecule has 1 aromatic heterocycles. The van der Waals surface area contributed by atoms with E-state index in [-0.39, 0.29) is 5.91 Å². The van der Waals surface area contributed by atoms with Crippen molar-refractivity contribution in [3.63, 3.8) is 0 Å². The van der Waals surface area contributed by atoms with Crippen LogP contribution in [0.5, 0.6) is 0 Å². The number of alkyl halides is 1. The van der Waals surface area contributed by atoms with E-state index in [1.54, 1.807) is 4.90 Å². The van der Waals surface area contributed by atoms with Gasteiger partial charge in [0.15, 0.2) is 5.13 Å². The Bertz CT molecular complexity index is 527. The topological polar surface area (TPSA) is 33.2 Å². The molecule has 0 unspecified atom stereocenters. The van der Waals surface area contributed by atoms with Gasteiger partial charge in [-0.05, 0) is 19.1 Å². The van der Waals surface area contributed by atoms with Crippen LogP contribution in [0.4, 0.5) is 10.8 Å². The Balaban J connectivity index is 2.38. The van der Waals surface area contributed by atoms with Crippen molar-refractivity contribution in [1.82, 2.24) is 4.98 Å². The first kappa shape index (κ1) is 13.1. The average molecular weight is 281 g/mol. The number of halogens is 1. The van der Waals surface area contributed by atoms with Gasteiger partial charge < -0.3 is 0 Å². The number of carbonyl (C=O) groups excluding carboxylic acids is 1. The molecule has 0 aliphatic heterocycles. The normalized spacial score (nSPS) is 10.3. The molecule has 2 rings (SSSR count). The van der Waals surface area contributed by atoms with Crippen molar-refractivity contribution >= 4 is 39.7 Å². The van der Waals surface area contributed by atoms with Crippen LogP contribution in [-0.2, 0) is 4.79 Å². The number of aryl methyl sites for hydroxylation is 1. The lowest BCUT2D eigenvalue weighted by atomic mass is 10.3. The molecule has 0 spiro atoms. The third kappa shape index (κ3) is 2.89. The third-order valence-electron chi connectivity index (χ3n) is 2.37. The molecule has 94 valence electrons. The Morgan fingerprint density at radius 3 is 2.67 bits per heavy atom. The molecule has 0 aliphatic rings. The molecule has 0 N–H and O–H groups in total. The first-order valence-electron chi connectivity index (χ1n) is 5.58. The summed E-state index contributed by atoms with van der Waals surface area (Å²) in [7, 11) is 0. The van der Waals surface area contributed by atoms with E-state index in [4.69, 9.17) is 11.6 Å². The summed E-state index contributed by atoms with van der Waals surface area (Å²) in [5.41, 5.74) is 1.73. The SMILES string of the molecule is Cc1csc(N(C(=O)CCCl)c2ccccc2)n1. The largest absolute Gasteiger partial charge is 0.274 e. The number of anilines is 2. The Morgan fingerprint density at radius 1 is 1.39 bits per heavy atom. The highest BCUT2D eigenvalue weighted by Crippen LogP contribution is 2.29. The highest BCUT2D eigenvalue weighted by atomic mass is 35.5. The Labute approximate surface area is 115 Å². The number of hydrogen-bond donors (Lipinski definition) is 0. The number of amides is 1. The molecule has 0 aliphatic carbocycles.